The number of aromatic nitrogens is 1. The largest absolute Gasteiger partial charge is 0.465 e. The SMILES string of the molecule is O=C(O)NC1CCC(NC(=O)c2cc(F)cnc2NC2CCSC2)CC1. The molecule has 9 heteroatoms. The average Bonchev–Trinajstić information content (AvgIpc) is 3.11. The van der Waals surface area contributed by atoms with Crippen molar-refractivity contribution in [3.63, 3.8) is 0 Å². The van der Waals surface area contributed by atoms with Gasteiger partial charge in [-0.3, -0.25) is 4.79 Å². The molecular formula is C17H23FN4O3S. The molecule has 1 aliphatic heterocycles. The minimum absolute atomic E-state index is 0.0486. The van der Waals surface area contributed by atoms with Crippen LogP contribution in [0.25, 0.3) is 0 Å². The van der Waals surface area contributed by atoms with Crippen LogP contribution in [-0.2, 0) is 0 Å². The van der Waals surface area contributed by atoms with E-state index < -0.39 is 11.9 Å². The monoisotopic (exact) mass is 382 g/mol. The van der Waals surface area contributed by atoms with Crippen LogP contribution in [0.5, 0.6) is 0 Å². The third-order valence-corrected chi connectivity index (χ3v) is 5.92. The maximum absolute atomic E-state index is 13.6. The van der Waals surface area contributed by atoms with Gasteiger partial charge in [0, 0.05) is 23.9 Å². The molecule has 2 heterocycles. The van der Waals surface area contributed by atoms with E-state index in [1.807, 2.05) is 11.8 Å². The van der Waals surface area contributed by atoms with Gasteiger partial charge in [-0.2, -0.15) is 11.8 Å². The Kier molecular flexibility index (Phi) is 6.18. The second-order valence-corrected chi connectivity index (χ2v) is 7.88. The predicted molar refractivity (Wildman–Crippen MR) is 98.2 cm³/mol. The van der Waals surface area contributed by atoms with Crippen molar-refractivity contribution in [1.82, 2.24) is 15.6 Å². The summed E-state index contributed by atoms with van der Waals surface area (Å²) in [6.07, 6.45) is 3.79. The quantitative estimate of drug-likeness (QED) is 0.624. The number of hydrogen-bond donors (Lipinski definition) is 4. The summed E-state index contributed by atoms with van der Waals surface area (Å²) < 4.78 is 13.6. The highest BCUT2D eigenvalue weighted by Gasteiger charge is 2.26. The number of carbonyl (C=O) groups excluding carboxylic acids is 1. The molecule has 1 aromatic rings. The average molecular weight is 382 g/mol. The van der Waals surface area contributed by atoms with Crippen LogP contribution in [0.4, 0.5) is 15.0 Å². The molecule has 0 radical (unpaired) electrons. The normalized spacial score (nSPS) is 25.5. The molecule has 2 amide bonds. The van der Waals surface area contributed by atoms with Crippen molar-refractivity contribution in [2.75, 3.05) is 16.8 Å². The van der Waals surface area contributed by atoms with Gasteiger partial charge in [0.2, 0.25) is 0 Å². The standard InChI is InChI=1S/C17H23FN4O3S/c18-10-7-14(15(19-8-10)20-13-5-6-26-9-13)16(23)21-11-1-3-12(4-2-11)22-17(24)25/h7-8,11-13,22H,1-6,9H2,(H,19,20)(H,21,23)(H,24,25). The van der Waals surface area contributed by atoms with Crippen LogP contribution in [0, 0.1) is 5.82 Å². The summed E-state index contributed by atoms with van der Waals surface area (Å²) in [5, 5.41) is 17.4. The van der Waals surface area contributed by atoms with Crippen LogP contribution in [0.15, 0.2) is 12.3 Å². The number of carboxylic acid groups (broad SMARTS) is 1. The van der Waals surface area contributed by atoms with Crippen molar-refractivity contribution in [2.45, 2.75) is 50.2 Å². The molecule has 2 fully saturated rings. The molecule has 1 aromatic heterocycles. The summed E-state index contributed by atoms with van der Waals surface area (Å²) in [5.41, 5.74) is 0.215. The van der Waals surface area contributed by atoms with Gasteiger partial charge in [-0.1, -0.05) is 0 Å². The topological polar surface area (TPSA) is 103 Å². The van der Waals surface area contributed by atoms with Crippen LogP contribution in [-0.4, -0.2) is 51.7 Å². The van der Waals surface area contributed by atoms with E-state index >= 15 is 0 Å². The highest BCUT2D eigenvalue weighted by atomic mass is 32.2. The number of rotatable bonds is 5. The summed E-state index contributed by atoms with van der Waals surface area (Å²) >= 11 is 1.84. The lowest BCUT2D eigenvalue weighted by molar-refractivity contribution is 0.0923. The fraction of sp³-hybridized carbons (Fsp3) is 0.588. The van der Waals surface area contributed by atoms with Gasteiger partial charge in [-0.25, -0.2) is 14.2 Å². The van der Waals surface area contributed by atoms with Gasteiger partial charge >= 0.3 is 6.09 Å². The number of anilines is 1. The van der Waals surface area contributed by atoms with Crippen molar-refractivity contribution in [1.29, 1.82) is 0 Å². The van der Waals surface area contributed by atoms with E-state index in [0.29, 0.717) is 31.5 Å². The molecule has 0 aromatic carbocycles. The lowest BCUT2D eigenvalue weighted by Crippen LogP contribution is -2.43. The first-order valence-electron chi connectivity index (χ1n) is 8.81. The minimum atomic E-state index is -1.02. The molecule has 4 N–H and O–H groups in total. The first-order valence-corrected chi connectivity index (χ1v) is 9.97. The molecule has 7 nitrogen and oxygen atoms in total. The van der Waals surface area contributed by atoms with Crippen molar-refractivity contribution in [2.24, 2.45) is 0 Å². The van der Waals surface area contributed by atoms with Gasteiger partial charge in [-0.15, -0.1) is 0 Å². The van der Waals surface area contributed by atoms with Gasteiger partial charge in [0.15, 0.2) is 0 Å². The van der Waals surface area contributed by atoms with E-state index in [1.165, 1.54) is 6.07 Å². The Morgan fingerprint density at radius 3 is 2.42 bits per heavy atom. The van der Waals surface area contributed by atoms with Gasteiger partial charge in [0.25, 0.3) is 5.91 Å². The summed E-state index contributed by atoms with van der Waals surface area (Å²) in [7, 11) is 0. The fourth-order valence-corrected chi connectivity index (χ4v) is 4.54. The summed E-state index contributed by atoms with van der Waals surface area (Å²) in [6.45, 7) is 0. The third kappa shape index (κ3) is 5.00. The molecule has 1 aliphatic carbocycles. The summed E-state index contributed by atoms with van der Waals surface area (Å²) in [6, 6.07) is 1.33. The zero-order valence-corrected chi connectivity index (χ0v) is 15.2. The van der Waals surface area contributed by atoms with E-state index in [9.17, 15) is 14.0 Å². The molecular weight excluding hydrogens is 359 g/mol. The molecule has 1 unspecified atom stereocenters. The highest BCUT2D eigenvalue weighted by Crippen LogP contribution is 2.24. The summed E-state index contributed by atoms with van der Waals surface area (Å²) in [4.78, 5) is 27.4. The third-order valence-electron chi connectivity index (χ3n) is 4.76. The van der Waals surface area contributed by atoms with E-state index in [4.69, 9.17) is 5.11 Å². The van der Waals surface area contributed by atoms with E-state index in [1.54, 1.807) is 0 Å². The first kappa shape index (κ1) is 18.8. The molecule has 2 aliphatic rings. The minimum Gasteiger partial charge on any atom is -0.465 e. The smallest absolute Gasteiger partial charge is 0.404 e. The molecule has 0 spiro atoms. The lowest BCUT2D eigenvalue weighted by atomic mass is 9.91. The molecule has 26 heavy (non-hydrogen) atoms. The maximum Gasteiger partial charge on any atom is 0.404 e. The Morgan fingerprint density at radius 1 is 1.12 bits per heavy atom. The fourth-order valence-electron chi connectivity index (χ4n) is 3.39. The maximum atomic E-state index is 13.6. The molecule has 1 saturated heterocycles. The number of hydrogen-bond acceptors (Lipinski definition) is 5. The number of nitrogens with zero attached hydrogens (tertiary/aromatic N) is 1. The van der Waals surface area contributed by atoms with E-state index in [0.717, 1.165) is 24.1 Å². The van der Waals surface area contributed by atoms with Crippen LogP contribution in [0.1, 0.15) is 42.5 Å². The number of thioether (sulfide) groups is 1. The number of carbonyl (C=O) groups is 2. The summed E-state index contributed by atoms with van der Waals surface area (Å²) in [5.74, 6) is 1.53. The van der Waals surface area contributed by atoms with E-state index in [2.05, 4.69) is 20.9 Å². The Labute approximate surface area is 155 Å². The second kappa shape index (κ2) is 8.57. The number of amides is 2. The van der Waals surface area contributed by atoms with Crippen molar-refractivity contribution >= 4 is 29.6 Å². The Balaban J connectivity index is 1.60. The molecule has 1 saturated carbocycles. The van der Waals surface area contributed by atoms with Crippen molar-refractivity contribution in [3.05, 3.63) is 23.6 Å². The lowest BCUT2D eigenvalue weighted by Gasteiger charge is -2.29. The molecule has 142 valence electrons. The Bertz CT molecular complexity index is 661. The molecule has 3 rings (SSSR count). The molecule has 1 atom stereocenters. The van der Waals surface area contributed by atoms with Gasteiger partial charge in [-0.05, 0) is 43.9 Å². The van der Waals surface area contributed by atoms with Crippen LogP contribution >= 0.6 is 11.8 Å². The van der Waals surface area contributed by atoms with Crippen molar-refractivity contribution in [3.8, 4) is 0 Å². The van der Waals surface area contributed by atoms with Gasteiger partial charge < -0.3 is 21.1 Å². The van der Waals surface area contributed by atoms with Gasteiger partial charge in [0.1, 0.15) is 11.6 Å². The first-order chi connectivity index (χ1) is 12.5. The second-order valence-electron chi connectivity index (χ2n) is 6.73. The van der Waals surface area contributed by atoms with Gasteiger partial charge in [0.05, 0.1) is 11.8 Å². The number of halogens is 1. The molecule has 0 bridgehead atoms. The number of nitrogens with one attached hydrogen (secondary N) is 3. The van der Waals surface area contributed by atoms with Crippen LogP contribution in [0.3, 0.4) is 0 Å². The predicted octanol–water partition coefficient (Wildman–Crippen LogP) is 2.45. The van der Waals surface area contributed by atoms with E-state index in [-0.39, 0.29) is 29.6 Å². The van der Waals surface area contributed by atoms with Crippen molar-refractivity contribution < 1.29 is 19.1 Å². The highest BCUT2D eigenvalue weighted by molar-refractivity contribution is 7.99. The van der Waals surface area contributed by atoms with Crippen LogP contribution in [0.2, 0.25) is 0 Å². The Hall–Kier alpha value is -2.03. The number of pyridine rings is 1. The van der Waals surface area contributed by atoms with Crippen LogP contribution < -0.4 is 16.0 Å². The Morgan fingerprint density at radius 2 is 1.81 bits per heavy atom. The zero-order valence-electron chi connectivity index (χ0n) is 14.3. The zero-order chi connectivity index (χ0) is 18.5.